The minimum Gasteiger partial charge on any atom is -0.481 e. The van der Waals surface area contributed by atoms with Crippen LogP contribution < -0.4 is 4.90 Å². The van der Waals surface area contributed by atoms with E-state index in [2.05, 4.69) is 4.98 Å². The average molecular weight is 264 g/mol. The van der Waals surface area contributed by atoms with Crippen molar-refractivity contribution in [2.75, 3.05) is 18.0 Å². The van der Waals surface area contributed by atoms with Crippen molar-refractivity contribution in [1.29, 1.82) is 0 Å². The van der Waals surface area contributed by atoms with Gasteiger partial charge in [-0.2, -0.15) is 4.98 Å². The predicted molar refractivity (Wildman–Crippen MR) is 66.5 cm³/mol. The molecule has 0 bridgehead atoms. The summed E-state index contributed by atoms with van der Waals surface area (Å²) in [5.74, 6) is -1.57. The fourth-order valence-corrected chi connectivity index (χ4v) is 2.38. The van der Waals surface area contributed by atoms with Crippen LogP contribution in [0.1, 0.15) is 12.8 Å². The van der Waals surface area contributed by atoms with Gasteiger partial charge in [-0.3, -0.25) is 4.79 Å². The van der Waals surface area contributed by atoms with Gasteiger partial charge in [-0.25, -0.2) is 4.39 Å². The Kier molecular flexibility index (Phi) is 2.85. The van der Waals surface area contributed by atoms with E-state index in [1.807, 2.05) is 0 Å². The summed E-state index contributed by atoms with van der Waals surface area (Å²) in [6, 6.07) is 4.51. The van der Waals surface area contributed by atoms with Crippen molar-refractivity contribution in [1.82, 2.24) is 4.98 Å². The number of oxazole rings is 1. The Labute approximate surface area is 108 Å². The van der Waals surface area contributed by atoms with E-state index >= 15 is 0 Å². The van der Waals surface area contributed by atoms with Crippen LogP contribution in [0.4, 0.5) is 10.4 Å². The van der Waals surface area contributed by atoms with Crippen molar-refractivity contribution < 1.29 is 18.7 Å². The summed E-state index contributed by atoms with van der Waals surface area (Å²) in [7, 11) is 0. The van der Waals surface area contributed by atoms with Gasteiger partial charge in [0.2, 0.25) is 0 Å². The highest BCUT2D eigenvalue weighted by molar-refractivity contribution is 5.75. The van der Waals surface area contributed by atoms with Crippen molar-refractivity contribution in [3.05, 3.63) is 24.0 Å². The zero-order chi connectivity index (χ0) is 13.4. The highest BCUT2D eigenvalue weighted by Gasteiger charge is 2.27. The van der Waals surface area contributed by atoms with E-state index in [1.165, 1.54) is 18.2 Å². The molecule has 1 fully saturated rings. The zero-order valence-corrected chi connectivity index (χ0v) is 10.2. The van der Waals surface area contributed by atoms with Gasteiger partial charge in [0.05, 0.1) is 5.92 Å². The summed E-state index contributed by atoms with van der Waals surface area (Å²) < 4.78 is 18.6. The number of anilines is 1. The van der Waals surface area contributed by atoms with Crippen molar-refractivity contribution in [3.8, 4) is 0 Å². The Bertz CT molecular complexity index is 625. The molecule has 1 aliphatic heterocycles. The first-order chi connectivity index (χ1) is 9.13. The SMILES string of the molecule is O=C(O)C1CCCN(c2nc3cc(F)ccc3o2)C1. The molecule has 0 radical (unpaired) electrons. The monoisotopic (exact) mass is 264 g/mol. The van der Waals surface area contributed by atoms with Crippen LogP contribution in [0.5, 0.6) is 0 Å². The number of carboxylic acid groups (broad SMARTS) is 1. The van der Waals surface area contributed by atoms with Gasteiger partial charge in [0.1, 0.15) is 11.3 Å². The second-order valence-electron chi connectivity index (χ2n) is 4.73. The maximum atomic E-state index is 13.1. The zero-order valence-electron chi connectivity index (χ0n) is 10.2. The molecule has 0 amide bonds. The first-order valence-corrected chi connectivity index (χ1v) is 6.17. The molecule has 0 spiro atoms. The lowest BCUT2D eigenvalue weighted by Crippen LogP contribution is -2.38. The number of nitrogens with zero attached hydrogens (tertiary/aromatic N) is 2. The standard InChI is InChI=1S/C13H13FN2O3/c14-9-3-4-11-10(6-9)15-13(19-11)16-5-1-2-8(7-16)12(17)18/h3-4,6,8H,1-2,5,7H2,(H,17,18). The second kappa shape index (κ2) is 4.53. The Morgan fingerprint density at radius 2 is 2.37 bits per heavy atom. The smallest absolute Gasteiger partial charge is 0.308 e. The molecule has 1 N–H and O–H groups in total. The number of aromatic nitrogens is 1. The minimum absolute atomic E-state index is 0.366. The van der Waals surface area contributed by atoms with Crippen LogP contribution in [-0.2, 0) is 4.79 Å². The molecule has 0 aliphatic carbocycles. The van der Waals surface area contributed by atoms with E-state index in [0.29, 0.717) is 36.6 Å². The first-order valence-electron chi connectivity index (χ1n) is 6.17. The van der Waals surface area contributed by atoms with Gasteiger partial charge in [0, 0.05) is 19.2 Å². The van der Waals surface area contributed by atoms with Gasteiger partial charge in [-0.1, -0.05) is 0 Å². The lowest BCUT2D eigenvalue weighted by Gasteiger charge is -2.29. The minimum atomic E-state index is -0.799. The van der Waals surface area contributed by atoms with E-state index in [9.17, 15) is 9.18 Å². The van der Waals surface area contributed by atoms with E-state index in [-0.39, 0.29) is 5.82 Å². The third-order valence-corrected chi connectivity index (χ3v) is 3.38. The largest absolute Gasteiger partial charge is 0.481 e. The molecule has 3 rings (SSSR count). The predicted octanol–water partition coefficient (Wildman–Crippen LogP) is 2.27. The molecule has 6 heteroatoms. The van der Waals surface area contributed by atoms with Crippen molar-refractivity contribution in [3.63, 3.8) is 0 Å². The van der Waals surface area contributed by atoms with Gasteiger partial charge >= 0.3 is 5.97 Å². The summed E-state index contributed by atoms with van der Waals surface area (Å²) in [6.45, 7) is 1.09. The number of aliphatic carboxylic acids is 1. The number of benzene rings is 1. The van der Waals surface area contributed by atoms with E-state index in [1.54, 1.807) is 4.90 Å². The molecular weight excluding hydrogens is 251 g/mol. The molecule has 1 aromatic carbocycles. The number of fused-ring (bicyclic) bond motifs is 1. The summed E-state index contributed by atoms with van der Waals surface area (Å²) in [5.41, 5.74) is 0.960. The second-order valence-corrected chi connectivity index (χ2v) is 4.73. The lowest BCUT2D eigenvalue weighted by atomic mass is 9.99. The molecule has 1 aromatic heterocycles. The summed E-state index contributed by atoms with van der Waals surface area (Å²) in [6.07, 6.45) is 1.45. The van der Waals surface area contributed by atoms with Crippen LogP contribution in [-0.4, -0.2) is 29.1 Å². The van der Waals surface area contributed by atoms with Crippen LogP contribution in [0.15, 0.2) is 22.6 Å². The normalized spacial score (nSPS) is 19.8. The van der Waals surface area contributed by atoms with Gasteiger partial charge < -0.3 is 14.4 Å². The number of piperidine rings is 1. The summed E-state index contributed by atoms with van der Waals surface area (Å²) >= 11 is 0. The Morgan fingerprint density at radius 3 is 3.16 bits per heavy atom. The summed E-state index contributed by atoms with van der Waals surface area (Å²) in [4.78, 5) is 17.0. The van der Waals surface area contributed by atoms with Crippen LogP contribution in [0.3, 0.4) is 0 Å². The molecule has 1 aliphatic rings. The first kappa shape index (κ1) is 12.0. The molecule has 2 heterocycles. The molecule has 0 saturated carbocycles. The highest BCUT2D eigenvalue weighted by Crippen LogP contribution is 2.26. The molecule has 1 atom stereocenters. The highest BCUT2D eigenvalue weighted by atomic mass is 19.1. The summed E-state index contributed by atoms with van der Waals surface area (Å²) in [5, 5.41) is 9.05. The van der Waals surface area contributed by atoms with Gasteiger partial charge in [-0.05, 0) is 25.0 Å². The maximum absolute atomic E-state index is 13.1. The fraction of sp³-hybridized carbons (Fsp3) is 0.385. The van der Waals surface area contributed by atoms with Crippen LogP contribution in [0, 0.1) is 11.7 Å². The lowest BCUT2D eigenvalue weighted by molar-refractivity contribution is -0.141. The van der Waals surface area contributed by atoms with Crippen LogP contribution in [0.25, 0.3) is 11.1 Å². The number of hydrogen-bond acceptors (Lipinski definition) is 4. The third-order valence-electron chi connectivity index (χ3n) is 3.38. The number of carbonyl (C=O) groups is 1. The van der Waals surface area contributed by atoms with Crippen LogP contribution in [0.2, 0.25) is 0 Å². The topological polar surface area (TPSA) is 66.6 Å². The molecular formula is C13H13FN2O3. The van der Waals surface area contributed by atoms with E-state index in [4.69, 9.17) is 9.52 Å². The van der Waals surface area contributed by atoms with Gasteiger partial charge in [-0.15, -0.1) is 0 Å². The number of hydrogen-bond donors (Lipinski definition) is 1. The Morgan fingerprint density at radius 1 is 1.53 bits per heavy atom. The Balaban J connectivity index is 1.89. The molecule has 2 aromatic rings. The van der Waals surface area contributed by atoms with Crippen LogP contribution >= 0.6 is 0 Å². The number of rotatable bonds is 2. The van der Waals surface area contributed by atoms with Crippen molar-refractivity contribution >= 4 is 23.1 Å². The Hall–Kier alpha value is -2.11. The molecule has 100 valence electrons. The molecule has 19 heavy (non-hydrogen) atoms. The molecule has 1 unspecified atom stereocenters. The van der Waals surface area contributed by atoms with Crippen molar-refractivity contribution in [2.24, 2.45) is 5.92 Å². The van der Waals surface area contributed by atoms with E-state index in [0.717, 1.165) is 6.42 Å². The molecule has 5 nitrogen and oxygen atoms in total. The number of carboxylic acids is 1. The fourth-order valence-electron chi connectivity index (χ4n) is 2.38. The van der Waals surface area contributed by atoms with Gasteiger partial charge in [0.15, 0.2) is 5.58 Å². The quantitative estimate of drug-likeness (QED) is 0.901. The van der Waals surface area contributed by atoms with Crippen molar-refractivity contribution in [2.45, 2.75) is 12.8 Å². The maximum Gasteiger partial charge on any atom is 0.308 e. The van der Waals surface area contributed by atoms with Gasteiger partial charge in [0.25, 0.3) is 6.01 Å². The van der Waals surface area contributed by atoms with E-state index < -0.39 is 11.9 Å². The average Bonchev–Trinajstić information content (AvgIpc) is 2.81. The third kappa shape index (κ3) is 2.25. The number of halogens is 1. The molecule has 1 saturated heterocycles.